The first kappa shape index (κ1) is 15.8. The summed E-state index contributed by atoms with van der Waals surface area (Å²) in [6.07, 6.45) is 0.619. The van der Waals surface area contributed by atoms with E-state index in [2.05, 4.69) is 5.32 Å². The Morgan fingerprint density at radius 1 is 1.48 bits per heavy atom. The molecule has 0 saturated carbocycles. The predicted octanol–water partition coefficient (Wildman–Crippen LogP) is 1.50. The minimum atomic E-state index is -0.866. The molecule has 1 heterocycles. The van der Waals surface area contributed by atoms with Crippen molar-refractivity contribution in [3.05, 3.63) is 34.9 Å². The lowest BCUT2D eigenvalue weighted by molar-refractivity contribution is -0.137. The van der Waals surface area contributed by atoms with Gasteiger partial charge in [0.15, 0.2) is 0 Å². The lowest BCUT2D eigenvalue weighted by Gasteiger charge is -2.23. The zero-order valence-electron chi connectivity index (χ0n) is 11.9. The summed E-state index contributed by atoms with van der Waals surface area (Å²) < 4.78 is 0. The van der Waals surface area contributed by atoms with Gasteiger partial charge in [-0.05, 0) is 18.9 Å². The van der Waals surface area contributed by atoms with E-state index in [1.807, 2.05) is 0 Å². The number of hydrogen-bond acceptors (Lipinski definition) is 3. The van der Waals surface area contributed by atoms with E-state index in [0.29, 0.717) is 23.6 Å². The normalized spacial score (nSPS) is 19.4. The molecule has 1 fully saturated rings. The molecule has 21 heavy (non-hydrogen) atoms. The van der Waals surface area contributed by atoms with Crippen LogP contribution < -0.4 is 5.32 Å². The molecule has 2 rings (SSSR count). The summed E-state index contributed by atoms with van der Waals surface area (Å²) in [6, 6.07) is 6.54. The Labute approximate surface area is 128 Å². The smallest absolute Gasteiger partial charge is 0.242 e. The molecule has 0 aliphatic carbocycles. The van der Waals surface area contributed by atoms with Crippen molar-refractivity contribution >= 4 is 23.4 Å². The van der Waals surface area contributed by atoms with Crippen molar-refractivity contribution in [1.29, 1.82) is 0 Å². The summed E-state index contributed by atoms with van der Waals surface area (Å²) >= 11 is 6.00. The van der Waals surface area contributed by atoms with Crippen LogP contribution in [0.15, 0.2) is 24.3 Å². The Hall–Kier alpha value is -1.59. The van der Waals surface area contributed by atoms with E-state index in [1.165, 1.54) is 6.92 Å². The number of aliphatic hydroxyl groups is 1. The molecule has 0 bridgehead atoms. The Kier molecular flexibility index (Phi) is 5.20. The van der Waals surface area contributed by atoms with Crippen molar-refractivity contribution in [2.24, 2.45) is 0 Å². The van der Waals surface area contributed by atoms with E-state index < -0.39 is 12.1 Å². The standard InChI is InChI=1S/C15H19ClN2O3/c1-10(19)18-8-4-7-13(18)15(21)17-9-14(20)11-5-2-3-6-12(11)16/h2-3,5-6,13-14,20H,4,7-9H2,1H3,(H,17,21)/t13-,14+/m1/s1. The second kappa shape index (κ2) is 6.91. The van der Waals surface area contributed by atoms with Gasteiger partial charge in [-0.25, -0.2) is 0 Å². The maximum atomic E-state index is 12.1. The molecule has 6 heteroatoms. The van der Waals surface area contributed by atoms with E-state index >= 15 is 0 Å². The van der Waals surface area contributed by atoms with Crippen molar-refractivity contribution in [3.63, 3.8) is 0 Å². The molecule has 1 aromatic rings. The van der Waals surface area contributed by atoms with Gasteiger partial charge in [-0.3, -0.25) is 9.59 Å². The number of rotatable bonds is 4. The first-order valence-corrected chi connectivity index (χ1v) is 7.36. The molecule has 5 nitrogen and oxygen atoms in total. The molecule has 0 spiro atoms. The third-order valence-corrected chi connectivity index (χ3v) is 4.04. The molecule has 114 valence electrons. The van der Waals surface area contributed by atoms with Crippen LogP contribution in [0.3, 0.4) is 0 Å². The first-order chi connectivity index (χ1) is 10.0. The van der Waals surface area contributed by atoms with Crippen LogP contribution in [0.25, 0.3) is 0 Å². The van der Waals surface area contributed by atoms with Crippen molar-refractivity contribution < 1.29 is 14.7 Å². The van der Waals surface area contributed by atoms with Crippen molar-refractivity contribution in [2.45, 2.75) is 31.9 Å². The van der Waals surface area contributed by atoms with Crippen LogP contribution in [-0.4, -0.2) is 41.0 Å². The highest BCUT2D eigenvalue weighted by atomic mass is 35.5. The van der Waals surface area contributed by atoms with Gasteiger partial charge in [-0.15, -0.1) is 0 Å². The van der Waals surface area contributed by atoms with Gasteiger partial charge in [0, 0.05) is 30.6 Å². The second-order valence-corrected chi connectivity index (χ2v) is 5.56. The monoisotopic (exact) mass is 310 g/mol. The average Bonchev–Trinajstić information content (AvgIpc) is 2.94. The summed E-state index contributed by atoms with van der Waals surface area (Å²) in [5.74, 6) is -0.326. The lowest BCUT2D eigenvalue weighted by Crippen LogP contribution is -2.46. The second-order valence-electron chi connectivity index (χ2n) is 5.15. The van der Waals surface area contributed by atoms with Crippen molar-refractivity contribution in [1.82, 2.24) is 10.2 Å². The van der Waals surface area contributed by atoms with Crippen LogP contribution in [0.4, 0.5) is 0 Å². The number of likely N-dealkylation sites (tertiary alicyclic amines) is 1. The van der Waals surface area contributed by atoms with E-state index in [4.69, 9.17) is 11.6 Å². The van der Waals surface area contributed by atoms with E-state index in [-0.39, 0.29) is 18.4 Å². The maximum Gasteiger partial charge on any atom is 0.242 e. The van der Waals surface area contributed by atoms with Crippen LogP contribution in [0, 0.1) is 0 Å². The van der Waals surface area contributed by atoms with Crippen LogP contribution in [0.2, 0.25) is 5.02 Å². The Bertz CT molecular complexity index is 535. The molecular formula is C15H19ClN2O3. The van der Waals surface area contributed by atoms with E-state index in [9.17, 15) is 14.7 Å². The minimum Gasteiger partial charge on any atom is -0.387 e. The van der Waals surface area contributed by atoms with Gasteiger partial charge in [-0.2, -0.15) is 0 Å². The molecule has 0 aromatic heterocycles. The molecule has 1 aliphatic rings. The minimum absolute atomic E-state index is 0.0742. The molecule has 1 aliphatic heterocycles. The number of nitrogens with zero attached hydrogens (tertiary/aromatic N) is 1. The predicted molar refractivity (Wildman–Crippen MR) is 79.8 cm³/mol. The average molecular weight is 311 g/mol. The van der Waals surface area contributed by atoms with Gasteiger partial charge < -0.3 is 15.3 Å². The Balaban J connectivity index is 1.92. The number of carbonyl (C=O) groups is 2. The molecule has 2 N–H and O–H groups in total. The first-order valence-electron chi connectivity index (χ1n) is 6.98. The molecule has 0 radical (unpaired) electrons. The number of aliphatic hydroxyl groups excluding tert-OH is 1. The number of hydrogen-bond donors (Lipinski definition) is 2. The zero-order chi connectivity index (χ0) is 15.4. The van der Waals surface area contributed by atoms with Gasteiger partial charge in [0.05, 0.1) is 6.10 Å². The molecule has 0 unspecified atom stereocenters. The molecule has 2 amide bonds. The number of benzene rings is 1. The summed E-state index contributed by atoms with van der Waals surface area (Å²) in [7, 11) is 0. The lowest BCUT2D eigenvalue weighted by atomic mass is 10.1. The van der Waals surface area contributed by atoms with E-state index in [1.54, 1.807) is 29.2 Å². The van der Waals surface area contributed by atoms with Crippen LogP contribution in [0.1, 0.15) is 31.4 Å². The Morgan fingerprint density at radius 3 is 2.86 bits per heavy atom. The highest BCUT2D eigenvalue weighted by Gasteiger charge is 2.32. The highest BCUT2D eigenvalue weighted by molar-refractivity contribution is 6.31. The fourth-order valence-corrected chi connectivity index (χ4v) is 2.85. The van der Waals surface area contributed by atoms with Crippen LogP contribution >= 0.6 is 11.6 Å². The van der Waals surface area contributed by atoms with Crippen LogP contribution in [0.5, 0.6) is 0 Å². The SMILES string of the molecule is CC(=O)N1CCC[C@@H]1C(=O)NC[C@H](O)c1ccccc1Cl. The fraction of sp³-hybridized carbons (Fsp3) is 0.467. The quantitative estimate of drug-likeness (QED) is 0.885. The topological polar surface area (TPSA) is 69.6 Å². The van der Waals surface area contributed by atoms with Gasteiger partial charge in [0.2, 0.25) is 11.8 Å². The van der Waals surface area contributed by atoms with E-state index in [0.717, 1.165) is 6.42 Å². The number of nitrogens with one attached hydrogen (secondary N) is 1. The van der Waals surface area contributed by atoms with Crippen molar-refractivity contribution in [2.75, 3.05) is 13.1 Å². The summed E-state index contributed by atoms with van der Waals surface area (Å²) in [6.45, 7) is 2.15. The Morgan fingerprint density at radius 2 is 2.19 bits per heavy atom. The van der Waals surface area contributed by atoms with Gasteiger partial charge in [-0.1, -0.05) is 29.8 Å². The highest BCUT2D eigenvalue weighted by Crippen LogP contribution is 2.22. The largest absolute Gasteiger partial charge is 0.387 e. The molecule has 1 aromatic carbocycles. The number of amides is 2. The van der Waals surface area contributed by atoms with Gasteiger partial charge in [0.25, 0.3) is 0 Å². The number of halogens is 1. The van der Waals surface area contributed by atoms with Gasteiger partial charge in [0.1, 0.15) is 6.04 Å². The van der Waals surface area contributed by atoms with Crippen molar-refractivity contribution in [3.8, 4) is 0 Å². The summed E-state index contributed by atoms with van der Waals surface area (Å²) in [5.41, 5.74) is 0.578. The summed E-state index contributed by atoms with van der Waals surface area (Å²) in [4.78, 5) is 25.1. The maximum absolute atomic E-state index is 12.1. The fourth-order valence-electron chi connectivity index (χ4n) is 2.59. The number of carbonyl (C=O) groups excluding carboxylic acids is 2. The molecular weight excluding hydrogens is 292 g/mol. The zero-order valence-corrected chi connectivity index (χ0v) is 12.6. The van der Waals surface area contributed by atoms with Crippen LogP contribution in [-0.2, 0) is 9.59 Å². The van der Waals surface area contributed by atoms with Gasteiger partial charge >= 0.3 is 0 Å². The third kappa shape index (κ3) is 3.74. The third-order valence-electron chi connectivity index (χ3n) is 3.69. The summed E-state index contributed by atoms with van der Waals surface area (Å²) in [5, 5.41) is 13.2. The molecule has 2 atom stereocenters. The molecule has 1 saturated heterocycles.